The van der Waals surface area contributed by atoms with Crippen LogP contribution in [0.1, 0.15) is 15.9 Å². The van der Waals surface area contributed by atoms with Gasteiger partial charge in [0.05, 0.1) is 19.8 Å². The second-order valence-electron chi connectivity index (χ2n) is 3.95. The van der Waals surface area contributed by atoms with Crippen molar-refractivity contribution in [1.82, 2.24) is 9.97 Å². The van der Waals surface area contributed by atoms with Gasteiger partial charge in [-0.15, -0.1) is 0 Å². The summed E-state index contributed by atoms with van der Waals surface area (Å²) in [6, 6.07) is 9.04. The lowest BCUT2D eigenvalue weighted by Crippen LogP contribution is -2.08. The maximum Gasteiger partial charge on any atom is 0.320 e. The third-order valence-corrected chi connectivity index (χ3v) is 3.02. The van der Waals surface area contributed by atoms with Crippen LogP contribution in [-0.4, -0.2) is 30.0 Å². The monoisotopic (exact) mass is 292 g/mol. The number of methoxy groups -OCH3 is 2. The van der Waals surface area contributed by atoms with Crippen molar-refractivity contribution in [3.05, 3.63) is 46.6 Å². The minimum Gasteiger partial charge on any atom is -0.481 e. The number of nitrogens with zero attached hydrogens (tertiary/aromatic N) is 2. The quantitative estimate of drug-likeness (QED) is 0.626. The zero-order valence-electron chi connectivity index (χ0n) is 11.1. The highest BCUT2D eigenvalue weighted by atomic mass is 35.5. The standard InChI is InChI=1S/C14H13ClN2O3/c1-19-13-10(12(15)16-14(17-13)20-2)8-11(18)9-6-4-3-5-7-9/h3-7H,8H2,1-2H3. The Balaban J connectivity index is 2.31. The van der Waals surface area contributed by atoms with Crippen molar-refractivity contribution >= 4 is 17.4 Å². The number of halogens is 1. The first-order valence-electron chi connectivity index (χ1n) is 5.88. The van der Waals surface area contributed by atoms with Gasteiger partial charge in [-0.25, -0.2) is 0 Å². The van der Waals surface area contributed by atoms with E-state index < -0.39 is 0 Å². The molecule has 6 heteroatoms. The highest BCUT2D eigenvalue weighted by Crippen LogP contribution is 2.26. The average Bonchev–Trinajstić information content (AvgIpc) is 2.49. The number of hydrogen-bond acceptors (Lipinski definition) is 5. The topological polar surface area (TPSA) is 61.3 Å². The first kappa shape index (κ1) is 14.3. The summed E-state index contributed by atoms with van der Waals surface area (Å²) in [5.74, 6) is 0.158. The minimum atomic E-state index is -0.0837. The molecule has 0 N–H and O–H groups in total. The van der Waals surface area contributed by atoms with Gasteiger partial charge in [0.15, 0.2) is 5.78 Å². The lowest BCUT2D eigenvalue weighted by molar-refractivity contribution is 0.0991. The number of Topliss-reactive ketones (excluding diaryl/α,β-unsaturated/α-hetero) is 1. The van der Waals surface area contributed by atoms with Crippen LogP contribution < -0.4 is 9.47 Å². The number of ketones is 1. The van der Waals surface area contributed by atoms with Crippen LogP contribution in [0.25, 0.3) is 0 Å². The Morgan fingerprint density at radius 1 is 1.15 bits per heavy atom. The Morgan fingerprint density at radius 2 is 1.85 bits per heavy atom. The predicted molar refractivity (Wildman–Crippen MR) is 74.6 cm³/mol. The molecule has 0 aliphatic heterocycles. The summed E-state index contributed by atoms with van der Waals surface area (Å²) in [5.41, 5.74) is 1.05. The first-order chi connectivity index (χ1) is 9.65. The van der Waals surface area contributed by atoms with Crippen LogP contribution in [0.4, 0.5) is 0 Å². The van der Waals surface area contributed by atoms with Gasteiger partial charge in [0.25, 0.3) is 0 Å². The van der Waals surface area contributed by atoms with Gasteiger partial charge in [-0.1, -0.05) is 41.9 Å². The molecule has 5 nitrogen and oxygen atoms in total. The maximum atomic E-state index is 12.2. The number of hydrogen-bond donors (Lipinski definition) is 0. The van der Waals surface area contributed by atoms with Gasteiger partial charge in [-0.2, -0.15) is 9.97 Å². The molecule has 104 valence electrons. The second-order valence-corrected chi connectivity index (χ2v) is 4.31. The highest BCUT2D eigenvalue weighted by molar-refractivity contribution is 6.30. The van der Waals surface area contributed by atoms with Crippen molar-refractivity contribution in [2.75, 3.05) is 14.2 Å². The van der Waals surface area contributed by atoms with Crippen LogP contribution in [0.15, 0.2) is 30.3 Å². The third kappa shape index (κ3) is 3.05. The summed E-state index contributed by atoms with van der Waals surface area (Å²) in [6.07, 6.45) is 0.0655. The molecule has 20 heavy (non-hydrogen) atoms. The molecule has 2 aromatic rings. The van der Waals surface area contributed by atoms with E-state index in [0.717, 1.165) is 0 Å². The Labute approximate surface area is 121 Å². The average molecular weight is 293 g/mol. The number of rotatable bonds is 5. The lowest BCUT2D eigenvalue weighted by Gasteiger charge is -2.09. The van der Waals surface area contributed by atoms with Gasteiger partial charge in [0.1, 0.15) is 5.15 Å². The maximum absolute atomic E-state index is 12.2. The largest absolute Gasteiger partial charge is 0.481 e. The number of aromatic nitrogens is 2. The molecule has 0 saturated heterocycles. The van der Waals surface area contributed by atoms with Crippen LogP contribution in [0.3, 0.4) is 0 Å². The summed E-state index contributed by atoms with van der Waals surface area (Å²) in [4.78, 5) is 20.2. The number of benzene rings is 1. The summed E-state index contributed by atoms with van der Waals surface area (Å²) in [5, 5.41) is 0.151. The molecule has 0 saturated carbocycles. The number of ether oxygens (including phenoxy) is 2. The first-order valence-corrected chi connectivity index (χ1v) is 6.26. The van der Waals surface area contributed by atoms with E-state index in [4.69, 9.17) is 21.1 Å². The van der Waals surface area contributed by atoms with E-state index in [9.17, 15) is 4.79 Å². The van der Waals surface area contributed by atoms with E-state index >= 15 is 0 Å². The van der Waals surface area contributed by atoms with E-state index in [1.165, 1.54) is 14.2 Å². The molecule has 0 unspecified atom stereocenters. The van der Waals surface area contributed by atoms with Gasteiger partial charge >= 0.3 is 6.01 Å². The molecular formula is C14H13ClN2O3. The predicted octanol–water partition coefficient (Wildman–Crippen LogP) is 2.57. The lowest BCUT2D eigenvalue weighted by atomic mass is 10.0. The van der Waals surface area contributed by atoms with Crippen LogP contribution in [0.2, 0.25) is 5.15 Å². The van der Waals surface area contributed by atoms with Crippen molar-refractivity contribution in [2.24, 2.45) is 0 Å². The minimum absolute atomic E-state index is 0.0655. The van der Waals surface area contributed by atoms with Crippen molar-refractivity contribution in [3.8, 4) is 11.9 Å². The molecule has 0 aliphatic rings. The molecule has 2 rings (SSSR count). The molecule has 0 atom stereocenters. The van der Waals surface area contributed by atoms with Crippen LogP contribution in [0.5, 0.6) is 11.9 Å². The summed E-state index contributed by atoms with van der Waals surface area (Å²) < 4.78 is 10.0. The molecule has 1 aromatic heterocycles. The van der Waals surface area contributed by atoms with E-state index in [1.807, 2.05) is 6.07 Å². The molecular weight excluding hydrogens is 280 g/mol. The van der Waals surface area contributed by atoms with E-state index in [2.05, 4.69) is 9.97 Å². The third-order valence-electron chi connectivity index (χ3n) is 2.71. The zero-order chi connectivity index (χ0) is 14.5. The van der Waals surface area contributed by atoms with Gasteiger partial charge in [0.2, 0.25) is 5.88 Å². The van der Waals surface area contributed by atoms with Crippen LogP contribution in [-0.2, 0) is 6.42 Å². The van der Waals surface area contributed by atoms with E-state index in [-0.39, 0.29) is 29.2 Å². The van der Waals surface area contributed by atoms with Gasteiger partial charge in [0, 0.05) is 12.0 Å². The summed E-state index contributed by atoms with van der Waals surface area (Å²) in [7, 11) is 2.88. The normalized spacial score (nSPS) is 10.2. The molecule has 0 bridgehead atoms. The summed E-state index contributed by atoms with van der Waals surface area (Å²) >= 11 is 6.06. The highest BCUT2D eigenvalue weighted by Gasteiger charge is 2.18. The van der Waals surface area contributed by atoms with Gasteiger partial charge in [-0.05, 0) is 0 Å². The van der Waals surface area contributed by atoms with Crippen molar-refractivity contribution in [1.29, 1.82) is 0 Å². The Morgan fingerprint density at radius 3 is 2.45 bits per heavy atom. The van der Waals surface area contributed by atoms with Crippen molar-refractivity contribution in [2.45, 2.75) is 6.42 Å². The summed E-state index contributed by atoms with van der Waals surface area (Å²) in [6.45, 7) is 0. The second kappa shape index (κ2) is 6.34. The molecule has 0 radical (unpaired) electrons. The molecule has 1 heterocycles. The van der Waals surface area contributed by atoms with Crippen molar-refractivity contribution in [3.63, 3.8) is 0 Å². The Bertz CT molecular complexity index is 617. The molecule has 0 aliphatic carbocycles. The SMILES string of the molecule is COc1nc(Cl)c(CC(=O)c2ccccc2)c(OC)n1. The van der Waals surface area contributed by atoms with E-state index in [0.29, 0.717) is 11.1 Å². The molecule has 0 fully saturated rings. The fraction of sp³-hybridized carbons (Fsp3) is 0.214. The Kier molecular flexibility index (Phi) is 4.53. The fourth-order valence-corrected chi connectivity index (χ4v) is 1.93. The van der Waals surface area contributed by atoms with Crippen LogP contribution >= 0.6 is 11.6 Å². The molecule has 0 spiro atoms. The number of carbonyl (C=O) groups is 1. The molecule has 0 amide bonds. The molecule has 1 aromatic carbocycles. The van der Waals surface area contributed by atoms with Gasteiger partial charge in [-0.3, -0.25) is 4.79 Å². The Hall–Kier alpha value is -2.14. The van der Waals surface area contributed by atoms with Crippen LogP contribution in [0, 0.1) is 0 Å². The van der Waals surface area contributed by atoms with Gasteiger partial charge < -0.3 is 9.47 Å². The zero-order valence-corrected chi connectivity index (χ0v) is 11.8. The van der Waals surface area contributed by atoms with E-state index in [1.54, 1.807) is 24.3 Å². The fourth-order valence-electron chi connectivity index (χ4n) is 1.71. The number of carbonyl (C=O) groups excluding carboxylic acids is 1. The smallest absolute Gasteiger partial charge is 0.320 e. The van der Waals surface area contributed by atoms with Crippen molar-refractivity contribution < 1.29 is 14.3 Å².